The number of benzene rings is 1. The molecule has 0 saturated heterocycles. The molecule has 116 valence electrons. The van der Waals surface area contributed by atoms with E-state index in [0.717, 1.165) is 11.3 Å². The number of carboxylic acid groups (broad SMARTS) is 1. The summed E-state index contributed by atoms with van der Waals surface area (Å²) in [5.74, 6) is 0.224. The second kappa shape index (κ2) is 7.67. The number of aryl methyl sites for hydroxylation is 1. The van der Waals surface area contributed by atoms with Crippen LogP contribution in [0.25, 0.3) is 0 Å². The monoisotopic (exact) mass is 293 g/mol. The number of hydrogen-bond acceptors (Lipinski definition) is 3. The summed E-state index contributed by atoms with van der Waals surface area (Å²) >= 11 is 0. The van der Waals surface area contributed by atoms with Crippen LogP contribution in [0.5, 0.6) is 5.75 Å². The van der Waals surface area contributed by atoms with Crippen molar-refractivity contribution in [3.05, 3.63) is 23.8 Å². The molecule has 0 radical (unpaired) electrons. The Bertz CT molecular complexity index is 511. The van der Waals surface area contributed by atoms with Crippen LogP contribution in [0.4, 0.5) is 5.69 Å². The molecule has 2 N–H and O–H groups in total. The predicted octanol–water partition coefficient (Wildman–Crippen LogP) is 3.08. The Morgan fingerprint density at radius 1 is 1.29 bits per heavy atom. The maximum Gasteiger partial charge on any atom is 0.341 e. The molecule has 1 unspecified atom stereocenters. The number of carbonyl (C=O) groups is 2. The summed E-state index contributed by atoms with van der Waals surface area (Å²) in [7, 11) is 0. The Balaban J connectivity index is 2.64. The molecular weight excluding hydrogens is 270 g/mol. The zero-order chi connectivity index (χ0) is 16.0. The topological polar surface area (TPSA) is 75.6 Å². The van der Waals surface area contributed by atoms with E-state index in [1.54, 1.807) is 18.2 Å². The number of carboxylic acids is 1. The number of ether oxygens (including phenoxy) is 1. The number of anilines is 1. The first-order valence-electron chi connectivity index (χ1n) is 7.04. The van der Waals surface area contributed by atoms with Gasteiger partial charge >= 0.3 is 5.97 Å². The second-order valence-electron chi connectivity index (χ2n) is 5.63. The van der Waals surface area contributed by atoms with Gasteiger partial charge in [-0.25, -0.2) is 4.79 Å². The van der Waals surface area contributed by atoms with Crippen LogP contribution in [0.2, 0.25) is 0 Å². The quantitative estimate of drug-likeness (QED) is 0.810. The summed E-state index contributed by atoms with van der Waals surface area (Å²) in [5, 5.41) is 11.4. The first-order chi connectivity index (χ1) is 9.79. The van der Waals surface area contributed by atoms with Gasteiger partial charge in [0.2, 0.25) is 5.91 Å². The highest BCUT2D eigenvalue weighted by atomic mass is 16.5. The minimum absolute atomic E-state index is 0.0153. The Morgan fingerprint density at radius 2 is 1.95 bits per heavy atom. The number of nitrogens with one attached hydrogen (secondary N) is 1. The van der Waals surface area contributed by atoms with Gasteiger partial charge in [-0.15, -0.1) is 0 Å². The fraction of sp³-hybridized carbons (Fsp3) is 0.500. The van der Waals surface area contributed by atoms with Crippen LogP contribution in [0.1, 0.15) is 32.8 Å². The highest BCUT2D eigenvalue weighted by Gasteiger charge is 2.13. The fourth-order valence-electron chi connectivity index (χ4n) is 1.74. The van der Waals surface area contributed by atoms with E-state index in [1.165, 1.54) is 0 Å². The average molecular weight is 293 g/mol. The molecule has 0 aliphatic heterocycles. The van der Waals surface area contributed by atoms with Crippen molar-refractivity contribution in [2.24, 2.45) is 11.8 Å². The standard InChI is InChI=1S/C16H23NO4/c1-10(2)11(3)8-15(18)17-14-6-5-13(7-12(14)4)21-9-16(19)20/h5-7,10-11H,8-9H2,1-4H3,(H,17,18)(H,19,20). The Kier molecular flexibility index (Phi) is 6.21. The van der Waals surface area contributed by atoms with Crippen molar-refractivity contribution in [1.82, 2.24) is 0 Å². The molecule has 5 heteroatoms. The van der Waals surface area contributed by atoms with Crippen LogP contribution < -0.4 is 10.1 Å². The van der Waals surface area contributed by atoms with E-state index < -0.39 is 5.97 Å². The summed E-state index contributed by atoms with van der Waals surface area (Å²) < 4.78 is 5.09. The number of rotatable bonds is 7. The van der Waals surface area contributed by atoms with Gasteiger partial charge in [0, 0.05) is 12.1 Å². The third-order valence-electron chi connectivity index (χ3n) is 3.48. The smallest absolute Gasteiger partial charge is 0.341 e. The van der Waals surface area contributed by atoms with E-state index in [9.17, 15) is 9.59 Å². The summed E-state index contributed by atoms with van der Waals surface area (Å²) in [6.07, 6.45) is 0.481. The van der Waals surface area contributed by atoms with Crippen molar-refractivity contribution in [3.63, 3.8) is 0 Å². The molecule has 1 rings (SSSR count). The van der Waals surface area contributed by atoms with Crippen LogP contribution in [0, 0.1) is 18.8 Å². The lowest BCUT2D eigenvalue weighted by Crippen LogP contribution is -2.18. The predicted molar refractivity (Wildman–Crippen MR) is 81.6 cm³/mol. The van der Waals surface area contributed by atoms with Crippen molar-refractivity contribution in [2.45, 2.75) is 34.1 Å². The molecule has 0 saturated carbocycles. The lowest BCUT2D eigenvalue weighted by molar-refractivity contribution is -0.139. The maximum atomic E-state index is 12.0. The zero-order valence-electron chi connectivity index (χ0n) is 13.0. The summed E-state index contributed by atoms with van der Waals surface area (Å²) in [4.78, 5) is 22.4. The molecule has 0 spiro atoms. The molecule has 1 aromatic carbocycles. The van der Waals surface area contributed by atoms with E-state index in [-0.39, 0.29) is 12.5 Å². The highest BCUT2D eigenvalue weighted by Crippen LogP contribution is 2.22. The van der Waals surface area contributed by atoms with Gasteiger partial charge in [-0.05, 0) is 42.5 Å². The summed E-state index contributed by atoms with van der Waals surface area (Å²) in [6, 6.07) is 5.09. The SMILES string of the molecule is Cc1cc(OCC(=O)O)ccc1NC(=O)CC(C)C(C)C. The molecule has 0 aliphatic rings. The number of carbonyl (C=O) groups excluding carboxylic acids is 1. The first kappa shape index (κ1) is 17.0. The van der Waals surface area contributed by atoms with Crippen molar-refractivity contribution >= 4 is 17.6 Å². The van der Waals surface area contributed by atoms with Gasteiger partial charge < -0.3 is 15.2 Å². The average Bonchev–Trinajstić information content (AvgIpc) is 2.38. The lowest BCUT2D eigenvalue weighted by atomic mass is 9.94. The molecule has 1 amide bonds. The van der Waals surface area contributed by atoms with Gasteiger partial charge in [0.25, 0.3) is 0 Å². The zero-order valence-corrected chi connectivity index (χ0v) is 13.0. The molecule has 0 bridgehead atoms. The van der Waals surface area contributed by atoms with Gasteiger partial charge in [-0.2, -0.15) is 0 Å². The molecule has 0 fully saturated rings. The van der Waals surface area contributed by atoms with E-state index in [1.807, 2.05) is 6.92 Å². The van der Waals surface area contributed by atoms with Crippen molar-refractivity contribution in [3.8, 4) is 5.75 Å². The van der Waals surface area contributed by atoms with Crippen LogP contribution in [0.15, 0.2) is 18.2 Å². The van der Waals surface area contributed by atoms with E-state index in [2.05, 4.69) is 26.1 Å². The first-order valence-corrected chi connectivity index (χ1v) is 7.04. The van der Waals surface area contributed by atoms with Crippen LogP contribution in [-0.2, 0) is 9.59 Å². The number of aliphatic carboxylic acids is 1. The van der Waals surface area contributed by atoms with Gasteiger partial charge in [-0.3, -0.25) is 4.79 Å². The fourth-order valence-corrected chi connectivity index (χ4v) is 1.74. The number of hydrogen-bond donors (Lipinski definition) is 2. The minimum atomic E-state index is -1.02. The Labute approximate surface area is 125 Å². The van der Waals surface area contributed by atoms with E-state index >= 15 is 0 Å². The van der Waals surface area contributed by atoms with Gasteiger partial charge in [0.1, 0.15) is 5.75 Å². The van der Waals surface area contributed by atoms with Crippen LogP contribution >= 0.6 is 0 Å². The Morgan fingerprint density at radius 3 is 2.48 bits per heavy atom. The Hall–Kier alpha value is -2.04. The van der Waals surface area contributed by atoms with Crippen molar-refractivity contribution < 1.29 is 19.4 Å². The van der Waals surface area contributed by atoms with Crippen LogP contribution in [-0.4, -0.2) is 23.6 Å². The molecule has 0 aliphatic carbocycles. The minimum Gasteiger partial charge on any atom is -0.482 e. The van der Waals surface area contributed by atoms with E-state index in [0.29, 0.717) is 24.0 Å². The molecule has 1 atom stereocenters. The molecule has 0 aromatic heterocycles. The molecule has 21 heavy (non-hydrogen) atoms. The molecule has 0 heterocycles. The summed E-state index contributed by atoms with van der Waals surface area (Å²) in [5.41, 5.74) is 1.56. The van der Waals surface area contributed by atoms with Gasteiger partial charge in [0.05, 0.1) is 0 Å². The van der Waals surface area contributed by atoms with Gasteiger partial charge in [0.15, 0.2) is 6.61 Å². The normalized spacial score (nSPS) is 12.0. The maximum absolute atomic E-state index is 12.0. The van der Waals surface area contributed by atoms with E-state index in [4.69, 9.17) is 9.84 Å². The van der Waals surface area contributed by atoms with Crippen molar-refractivity contribution in [2.75, 3.05) is 11.9 Å². The molecule has 1 aromatic rings. The van der Waals surface area contributed by atoms with Crippen LogP contribution in [0.3, 0.4) is 0 Å². The number of amides is 1. The highest BCUT2D eigenvalue weighted by molar-refractivity contribution is 5.91. The largest absolute Gasteiger partial charge is 0.482 e. The van der Waals surface area contributed by atoms with Crippen molar-refractivity contribution in [1.29, 1.82) is 0 Å². The summed E-state index contributed by atoms with van der Waals surface area (Å²) in [6.45, 7) is 7.71. The lowest BCUT2D eigenvalue weighted by Gasteiger charge is -2.16. The molecule has 5 nitrogen and oxygen atoms in total. The third kappa shape index (κ3) is 5.85. The van der Waals surface area contributed by atoms with Gasteiger partial charge in [-0.1, -0.05) is 20.8 Å². The molecular formula is C16H23NO4. The third-order valence-corrected chi connectivity index (χ3v) is 3.48. The second-order valence-corrected chi connectivity index (χ2v) is 5.63.